The van der Waals surface area contributed by atoms with E-state index in [0.717, 1.165) is 0 Å². The van der Waals surface area contributed by atoms with Gasteiger partial charge in [0.25, 0.3) is 0 Å². The zero-order valence-electron chi connectivity index (χ0n) is 3.04. The van der Waals surface area contributed by atoms with Crippen molar-refractivity contribution in [2.24, 2.45) is 0 Å². The van der Waals surface area contributed by atoms with E-state index < -0.39 is 31.0 Å². The van der Waals surface area contributed by atoms with Gasteiger partial charge >= 0.3 is 41.4 Å². The minimum atomic E-state index is -1.11. The van der Waals surface area contributed by atoms with Gasteiger partial charge in [0.1, 0.15) is 0 Å². The van der Waals surface area contributed by atoms with Crippen molar-refractivity contribution in [3.05, 3.63) is 0 Å². The van der Waals surface area contributed by atoms with Crippen LogP contribution in [0.1, 0.15) is 0 Å². The van der Waals surface area contributed by atoms with Gasteiger partial charge in [-0.2, -0.15) is 0 Å². The molecule has 0 saturated heterocycles. The molecule has 0 aromatic rings. The molecule has 7 heavy (non-hydrogen) atoms. The van der Waals surface area contributed by atoms with Crippen molar-refractivity contribution in [2.75, 3.05) is 0 Å². The molecule has 0 amide bonds. The molecule has 0 aliphatic carbocycles. The molecular weight excluding hydrogens is 184 g/mol. The molecule has 0 rings (SSSR count). The SMILES string of the molecule is O.O.[O]=[Cr][O][Cr]=[O]. The van der Waals surface area contributed by atoms with Crippen LogP contribution >= 0.6 is 0 Å². The van der Waals surface area contributed by atoms with Crippen LogP contribution in [0.3, 0.4) is 0 Å². The molecule has 0 radical (unpaired) electrons. The van der Waals surface area contributed by atoms with Crippen LogP contribution in [-0.2, 0) is 41.4 Å². The van der Waals surface area contributed by atoms with Gasteiger partial charge in [0.05, 0.1) is 0 Å². The van der Waals surface area contributed by atoms with Gasteiger partial charge in [-0.3, -0.25) is 0 Å². The molecule has 7 heteroatoms. The van der Waals surface area contributed by atoms with E-state index in [4.69, 9.17) is 0 Å². The molecule has 0 aliphatic rings. The maximum absolute atomic E-state index is 9.19. The average molecular weight is 188 g/mol. The van der Waals surface area contributed by atoms with Crippen molar-refractivity contribution < 1.29 is 52.4 Å². The fraction of sp³-hybridized carbons (Fsp3) is 0. The molecule has 0 heterocycles. The van der Waals surface area contributed by atoms with Crippen LogP contribution in [0.4, 0.5) is 0 Å². The molecule has 0 unspecified atom stereocenters. The second-order valence-corrected chi connectivity index (χ2v) is 1.72. The van der Waals surface area contributed by atoms with E-state index in [1.807, 2.05) is 0 Å². The third-order valence-electron chi connectivity index (χ3n) is 0.0556. The molecule has 0 bridgehead atoms. The number of hydrogen-bond donors (Lipinski definition) is 0. The van der Waals surface area contributed by atoms with Gasteiger partial charge in [0, 0.05) is 0 Å². The summed E-state index contributed by atoms with van der Waals surface area (Å²) in [5.41, 5.74) is 0. The molecule has 46 valence electrons. The Bertz CT molecular complexity index is 35.3. The summed E-state index contributed by atoms with van der Waals surface area (Å²) in [5.74, 6) is 0. The summed E-state index contributed by atoms with van der Waals surface area (Å²) in [5, 5.41) is 0. The standard InChI is InChI=1S/2Cr.2H2O.3O/h;;2*1H2;;;. The molecule has 0 spiro atoms. The van der Waals surface area contributed by atoms with E-state index in [1.54, 1.807) is 0 Å². The van der Waals surface area contributed by atoms with E-state index in [-0.39, 0.29) is 11.0 Å². The molecule has 0 atom stereocenters. The maximum atomic E-state index is 9.19. The second kappa shape index (κ2) is 16.0. The average Bonchev–Trinajstić information content (AvgIpc) is 1.41. The Balaban J connectivity index is -0.0000000800. The molecule has 0 fully saturated rings. The van der Waals surface area contributed by atoms with Crippen LogP contribution < -0.4 is 0 Å². The van der Waals surface area contributed by atoms with Gasteiger partial charge < -0.3 is 11.0 Å². The fourth-order valence-electron chi connectivity index (χ4n) is 0.0113. The topological polar surface area (TPSA) is 106 Å². The first-order valence-electron chi connectivity index (χ1n) is 0.667. The van der Waals surface area contributed by atoms with Gasteiger partial charge in [0.15, 0.2) is 0 Å². The van der Waals surface area contributed by atoms with Crippen LogP contribution in [0.25, 0.3) is 0 Å². The van der Waals surface area contributed by atoms with Crippen LogP contribution in [0, 0.1) is 0 Å². The van der Waals surface area contributed by atoms with Crippen molar-refractivity contribution in [1.29, 1.82) is 0 Å². The number of rotatable bonds is 2. The summed E-state index contributed by atoms with van der Waals surface area (Å²) in [6, 6.07) is 0. The Hall–Kier alpha value is 0.545. The fourth-order valence-corrected chi connectivity index (χ4v) is 0.193. The van der Waals surface area contributed by atoms with Gasteiger partial charge in [-0.25, -0.2) is 0 Å². The Kier molecular flexibility index (Phi) is 35.8. The zero-order chi connectivity index (χ0) is 4.12. The molecule has 0 aliphatic heterocycles. The molecule has 0 saturated carbocycles. The van der Waals surface area contributed by atoms with Crippen molar-refractivity contribution in [3.63, 3.8) is 0 Å². The molecule has 5 nitrogen and oxygen atoms in total. The van der Waals surface area contributed by atoms with E-state index >= 15 is 0 Å². The van der Waals surface area contributed by atoms with Crippen LogP contribution in [-0.4, -0.2) is 11.0 Å². The van der Waals surface area contributed by atoms with Gasteiger partial charge in [0.2, 0.25) is 0 Å². The van der Waals surface area contributed by atoms with Gasteiger partial charge in [-0.15, -0.1) is 0 Å². The van der Waals surface area contributed by atoms with Crippen molar-refractivity contribution in [1.82, 2.24) is 0 Å². The summed E-state index contributed by atoms with van der Waals surface area (Å²) in [7, 11) is 0. The van der Waals surface area contributed by atoms with Gasteiger partial charge in [-0.1, -0.05) is 0 Å². The predicted molar refractivity (Wildman–Crippen MR) is 9.69 cm³/mol. The molecule has 4 N–H and O–H groups in total. The summed E-state index contributed by atoms with van der Waals surface area (Å²) >= 11 is -2.22. The number of hydrogen-bond acceptors (Lipinski definition) is 3. The molecule has 0 aromatic heterocycles. The monoisotopic (exact) mass is 188 g/mol. The van der Waals surface area contributed by atoms with E-state index in [0.29, 0.717) is 0 Å². The van der Waals surface area contributed by atoms with Crippen LogP contribution in [0.15, 0.2) is 0 Å². The predicted octanol–water partition coefficient (Wildman–Crippen LogP) is -1.96. The Morgan fingerprint density at radius 2 is 1.29 bits per heavy atom. The first-order valence-corrected chi connectivity index (χ1v) is 2.75. The summed E-state index contributed by atoms with van der Waals surface area (Å²) in [6.07, 6.45) is 0. The Morgan fingerprint density at radius 3 is 1.29 bits per heavy atom. The van der Waals surface area contributed by atoms with Crippen LogP contribution in [0.5, 0.6) is 0 Å². The molecule has 0 aromatic carbocycles. The summed E-state index contributed by atoms with van der Waals surface area (Å²) in [4.78, 5) is 0. The van der Waals surface area contributed by atoms with Crippen LogP contribution in [0.2, 0.25) is 0 Å². The third-order valence-corrected chi connectivity index (χ3v) is 0.944. The Morgan fingerprint density at radius 1 is 1.00 bits per heavy atom. The normalized spacial score (nSPS) is 4.57. The van der Waals surface area contributed by atoms with Crippen molar-refractivity contribution in [2.45, 2.75) is 0 Å². The van der Waals surface area contributed by atoms with Gasteiger partial charge in [-0.05, 0) is 0 Å². The summed E-state index contributed by atoms with van der Waals surface area (Å²) in [6.45, 7) is 0. The quantitative estimate of drug-likeness (QED) is 0.501. The first-order chi connectivity index (χ1) is 2.41. The van der Waals surface area contributed by atoms with E-state index in [2.05, 4.69) is 2.84 Å². The van der Waals surface area contributed by atoms with Crippen molar-refractivity contribution in [3.8, 4) is 0 Å². The minimum absolute atomic E-state index is 0. The zero-order valence-corrected chi connectivity index (χ0v) is 5.59. The van der Waals surface area contributed by atoms with E-state index in [9.17, 15) is 7.61 Å². The van der Waals surface area contributed by atoms with E-state index in [1.165, 1.54) is 0 Å². The Labute approximate surface area is 52.8 Å². The summed E-state index contributed by atoms with van der Waals surface area (Å²) < 4.78 is 22.2. The second-order valence-electron chi connectivity index (χ2n) is 0.204. The third kappa shape index (κ3) is 20.9. The van der Waals surface area contributed by atoms with Crippen molar-refractivity contribution >= 4 is 0 Å². The molecular formula is H4Cr2O5. The first kappa shape index (κ1) is 15.6.